The molecule has 3 aromatic rings. The van der Waals surface area contributed by atoms with Crippen LogP contribution in [0.1, 0.15) is 0 Å². The van der Waals surface area contributed by atoms with E-state index in [0.29, 0.717) is 15.0 Å². The second kappa shape index (κ2) is 10.3. The zero-order valence-corrected chi connectivity index (χ0v) is 18.6. The average molecular weight is 488 g/mol. The lowest BCUT2D eigenvalue weighted by molar-refractivity contribution is -0.144. The highest BCUT2D eigenvalue weighted by molar-refractivity contribution is 8.00. The van der Waals surface area contributed by atoms with Crippen LogP contribution in [0, 0.1) is 0 Å². The second-order valence-corrected chi connectivity index (χ2v) is 8.61. The lowest BCUT2D eigenvalue weighted by Crippen LogP contribution is -2.21. The van der Waals surface area contributed by atoms with E-state index in [9.17, 15) is 9.59 Å². The molecule has 3 rings (SSSR count). The zero-order valence-electron chi connectivity index (χ0n) is 14.7. The Balaban J connectivity index is 1.45. The molecule has 0 saturated carbocycles. The summed E-state index contributed by atoms with van der Waals surface area (Å²) in [7, 11) is 0. The Morgan fingerprint density at radius 3 is 2.59 bits per heavy atom. The van der Waals surface area contributed by atoms with Crippen molar-refractivity contribution in [3.63, 3.8) is 0 Å². The fraction of sp³-hybridized carbons (Fsp3) is 0.105. The monoisotopic (exact) mass is 486 g/mol. The van der Waals surface area contributed by atoms with Crippen LogP contribution < -0.4 is 5.32 Å². The number of amides is 1. The molecule has 0 radical (unpaired) electrons. The molecular formula is C19H13Cl3N2O3S2. The molecule has 0 saturated heterocycles. The summed E-state index contributed by atoms with van der Waals surface area (Å²) in [6, 6.07) is 12.9. The smallest absolute Gasteiger partial charge is 0.316 e. The molecule has 1 heterocycles. The molecule has 5 nitrogen and oxygen atoms in total. The van der Waals surface area contributed by atoms with Crippen molar-refractivity contribution in [2.75, 3.05) is 17.7 Å². The molecular weight excluding hydrogens is 475 g/mol. The van der Waals surface area contributed by atoms with Gasteiger partial charge in [0, 0.05) is 15.8 Å². The van der Waals surface area contributed by atoms with Gasteiger partial charge in [-0.2, -0.15) is 0 Å². The van der Waals surface area contributed by atoms with Gasteiger partial charge < -0.3 is 4.74 Å². The molecule has 0 fully saturated rings. The van der Waals surface area contributed by atoms with Gasteiger partial charge in [-0.15, -0.1) is 23.1 Å². The van der Waals surface area contributed by atoms with Crippen LogP contribution in [0.3, 0.4) is 0 Å². The van der Waals surface area contributed by atoms with Gasteiger partial charge in [0.25, 0.3) is 5.91 Å². The topological polar surface area (TPSA) is 68.3 Å². The van der Waals surface area contributed by atoms with E-state index < -0.39 is 18.5 Å². The number of rotatable bonds is 7. The van der Waals surface area contributed by atoms with Gasteiger partial charge in [0.2, 0.25) is 0 Å². The molecule has 1 amide bonds. The van der Waals surface area contributed by atoms with E-state index in [1.807, 2.05) is 35.7 Å². The van der Waals surface area contributed by atoms with Crippen molar-refractivity contribution in [2.24, 2.45) is 0 Å². The van der Waals surface area contributed by atoms with Crippen molar-refractivity contribution in [3.8, 4) is 11.3 Å². The molecule has 150 valence electrons. The quantitative estimate of drug-likeness (QED) is 0.250. The number of ether oxygens (including phenoxy) is 1. The predicted molar refractivity (Wildman–Crippen MR) is 119 cm³/mol. The Bertz CT molecular complexity index is 1030. The highest BCUT2D eigenvalue weighted by atomic mass is 35.5. The number of anilines is 1. The number of hydrogen-bond acceptors (Lipinski definition) is 6. The van der Waals surface area contributed by atoms with E-state index in [1.54, 1.807) is 12.1 Å². The number of thioether (sulfide) groups is 1. The molecule has 1 aromatic heterocycles. The lowest BCUT2D eigenvalue weighted by atomic mass is 10.2. The molecule has 10 heteroatoms. The zero-order chi connectivity index (χ0) is 20.8. The number of thiazole rings is 1. The van der Waals surface area contributed by atoms with Gasteiger partial charge in [-0.25, -0.2) is 4.98 Å². The number of esters is 1. The molecule has 0 unspecified atom stereocenters. The average Bonchev–Trinajstić information content (AvgIpc) is 3.19. The normalized spacial score (nSPS) is 10.6. The van der Waals surface area contributed by atoms with Gasteiger partial charge in [-0.05, 0) is 12.1 Å². The minimum Gasteiger partial charge on any atom is -0.455 e. The summed E-state index contributed by atoms with van der Waals surface area (Å²) in [6.07, 6.45) is 0. The number of carbonyl (C=O) groups excluding carboxylic acids is 2. The van der Waals surface area contributed by atoms with Crippen molar-refractivity contribution in [1.29, 1.82) is 0 Å². The van der Waals surface area contributed by atoms with Crippen molar-refractivity contribution in [2.45, 2.75) is 4.90 Å². The van der Waals surface area contributed by atoms with Crippen LogP contribution >= 0.6 is 57.9 Å². The summed E-state index contributed by atoms with van der Waals surface area (Å²) >= 11 is 20.4. The summed E-state index contributed by atoms with van der Waals surface area (Å²) in [6.45, 7) is -0.408. The first-order chi connectivity index (χ1) is 13.9. The van der Waals surface area contributed by atoms with Gasteiger partial charge in [0.05, 0.1) is 26.5 Å². The number of halogens is 3. The lowest BCUT2D eigenvalue weighted by Gasteiger charge is -2.07. The SMILES string of the molecule is O=C(COC(=O)CSc1ccc(Cl)c(Cl)c1Cl)Nc1nc(-c2ccccc2)cs1. The van der Waals surface area contributed by atoms with E-state index in [2.05, 4.69) is 10.3 Å². The molecule has 0 aliphatic carbocycles. The van der Waals surface area contributed by atoms with Crippen LogP contribution in [-0.4, -0.2) is 29.2 Å². The summed E-state index contributed by atoms with van der Waals surface area (Å²) < 4.78 is 4.99. The Kier molecular flexibility index (Phi) is 7.80. The van der Waals surface area contributed by atoms with E-state index in [0.717, 1.165) is 23.0 Å². The number of hydrogen-bond donors (Lipinski definition) is 1. The van der Waals surface area contributed by atoms with E-state index in [1.165, 1.54) is 11.3 Å². The maximum atomic E-state index is 12.0. The van der Waals surface area contributed by atoms with E-state index >= 15 is 0 Å². The van der Waals surface area contributed by atoms with Crippen molar-refractivity contribution < 1.29 is 14.3 Å². The first-order valence-corrected chi connectivity index (χ1v) is 11.2. The minimum atomic E-state index is -0.559. The summed E-state index contributed by atoms with van der Waals surface area (Å²) in [5.74, 6) is -1.05. The first kappa shape index (κ1) is 21.9. The van der Waals surface area contributed by atoms with Crippen LogP contribution in [0.2, 0.25) is 15.1 Å². The third-order valence-corrected chi connectivity index (χ3v) is 6.72. The number of benzene rings is 2. The largest absolute Gasteiger partial charge is 0.455 e. The Labute approximate surface area is 190 Å². The summed E-state index contributed by atoms with van der Waals surface area (Å²) in [4.78, 5) is 28.8. The molecule has 0 aliphatic heterocycles. The van der Waals surface area contributed by atoms with Crippen LogP contribution in [0.25, 0.3) is 11.3 Å². The third-order valence-electron chi connectivity index (χ3n) is 3.53. The van der Waals surface area contributed by atoms with E-state index in [4.69, 9.17) is 39.5 Å². The van der Waals surface area contributed by atoms with Crippen LogP contribution in [0.15, 0.2) is 52.7 Å². The highest BCUT2D eigenvalue weighted by Crippen LogP contribution is 2.37. The standard InChI is InChI=1S/C19H13Cl3N2O3S2/c20-12-6-7-14(18(22)17(12)21)28-10-16(26)27-8-15(25)24-19-23-13(9-29-19)11-4-2-1-3-5-11/h1-7,9H,8,10H2,(H,23,24,25). The molecule has 0 atom stereocenters. The number of nitrogens with zero attached hydrogens (tertiary/aromatic N) is 1. The Hall–Kier alpha value is -1.77. The molecule has 29 heavy (non-hydrogen) atoms. The Morgan fingerprint density at radius 1 is 1.07 bits per heavy atom. The van der Waals surface area contributed by atoms with Gasteiger partial charge >= 0.3 is 5.97 Å². The predicted octanol–water partition coefficient (Wildman–Crippen LogP) is 6.04. The fourth-order valence-corrected chi connectivity index (χ4v) is 4.41. The van der Waals surface area contributed by atoms with Crippen LogP contribution in [-0.2, 0) is 14.3 Å². The van der Waals surface area contributed by atoms with Gasteiger partial charge in [-0.1, -0.05) is 65.1 Å². The van der Waals surface area contributed by atoms with Gasteiger partial charge in [0.1, 0.15) is 0 Å². The second-order valence-electron chi connectivity index (χ2n) is 5.57. The van der Waals surface area contributed by atoms with Crippen molar-refractivity contribution >= 4 is 74.9 Å². The number of aromatic nitrogens is 1. The molecule has 2 aromatic carbocycles. The highest BCUT2D eigenvalue weighted by Gasteiger charge is 2.14. The number of carbonyl (C=O) groups is 2. The molecule has 1 N–H and O–H groups in total. The van der Waals surface area contributed by atoms with Crippen molar-refractivity contribution in [3.05, 3.63) is 62.9 Å². The summed E-state index contributed by atoms with van der Waals surface area (Å²) in [5, 5.41) is 5.72. The van der Waals surface area contributed by atoms with Crippen LogP contribution in [0.4, 0.5) is 5.13 Å². The molecule has 0 bridgehead atoms. The van der Waals surface area contributed by atoms with Crippen molar-refractivity contribution in [1.82, 2.24) is 4.98 Å². The third kappa shape index (κ3) is 6.10. The summed E-state index contributed by atoms with van der Waals surface area (Å²) in [5.41, 5.74) is 1.71. The van der Waals surface area contributed by atoms with Crippen LogP contribution in [0.5, 0.6) is 0 Å². The van der Waals surface area contributed by atoms with Gasteiger partial charge in [-0.3, -0.25) is 14.9 Å². The fourth-order valence-electron chi connectivity index (χ4n) is 2.17. The van der Waals surface area contributed by atoms with E-state index in [-0.39, 0.29) is 15.8 Å². The van der Waals surface area contributed by atoms with Gasteiger partial charge in [0.15, 0.2) is 11.7 Å². The Morgan fingerprint density at radius 2 is 1.83 bits per heavy atom. The first-order valence-electron chi connectivity index (χ1n) is 8.16. The maximum absolute atomic E-state index is 12.0. The minimum absolute atomic E-state index is 0.0274. The molecule has 0 spiro atoms. The maximum Gasteiger partial charge on any atom is 0.316 e. The molecule has 0 aliphatic rings. The number of nitrogens with one attached hydrogen (secondary N) is 1.